The predicted molar refractivity (Wildman–Crippen MR) is 126 cm³/mol. The van der Waals surface area contributed by atoms with E-state index < -0.39 is 15.6 Å². The summed E-state index contributed by atoms with van der Waals surface area (Å²) in [7, 11) is -2.54. The SMILES string of the molecule is CCOc1ccc(C(=O)c2cnc3ccc(C)cc3c2S(=O)(=O)c2ccc(OC)cc2)cc1. The fourth-order valence-corrected chi connectivity index (χ4v) is 5.25. The Balaban J connectivity index is 1.93. The van der Waals surface area contributed by atoms with Crippen molar-refractivity contribution in [1.29, 1.82) is 0 Å². The molecule has 1 heterocycles. The maximum Gasteiger partial charge on any atom is 0.208 e. The highest BCUT2D eigenvalue weighted by Gasteiger charge is 2.28. The molecule has 0 aliphatic rings. The van der Waals surface area contributed by atoms with Crippen molar-refractivity contribution < 1.29 is 22.7 Å². The second-order valence-corrected chi connectivity index (χ2v) is 9.37. The van der Waals surface area contributed by atoms with Crippen LogP contribution >= 0.6 is 0 Å². The number of hydrogen-bond donors (Lipinski definition) is 0. The molecule has 0 bridgehead atoms. The van der Waals surface area contributed by atoms with E-state index in [1.165, 1.54) is 25.4 Å². The molecule has 0 spiro atoms. The maximum absolute atomic E-state index is 13.8. The molecule has 0 atom stereocenters. The summed E-state index contributed by atoms with van der Waals surface area (Å²) in [6.07, 6.45) is 1.34. The van der Waals surface area contributed by atoms with Crippen LogP contribution in [0.2, 0.25) is 0 Å². The van der Waals surface area contributed by atoms with Gasteiger partial charge in [-0.2, -0.15) is 0 Å². The summed E-state index contributed by atoms with van der Waals surface area (Å²) in [6.45, 7) is 4.24. The van der Waals surface area contributed by atoms with Crippen molar-refractivity contribution in [3.8, 4) is 11.5 Å². The van der Waals surface area contributed by atoms with Gasteiger partial charge in [0.2, 0.25) is 9.84 Å². The molecule has 3 aromatic carbocycles. The number of sulfone groups is 1. The lowest BCUT2D eigenvalue weighted by molar-refractivity contribution is 0.103. The number of aromatic nitrogens is 1. The number of hydrogen-bond acceptors (Lipinski definition) is 6. The lowest BCUT2D eigenvalue weighted by Gasteiger charge is -2.14. The number of ether oxygens (including phenoxy) is 2. The van der Waals surface area contributed by atoms with Gasteiger partial charge in [-0.15, -0.1) is 0 Å². The van der Waals surface area contributed by atoms with Crippen LogP contribution in [0.3, 0.4) is 0 Å². The molecular formula is C26H23NO5S. The summed E-state index contributed by atoms with van der Waals surface area (Å²) >= 11 is 0. The Hall–Kier alpha value is -3.71. The zero-order chi connectivity index (χ0) is 23.6. The van der Waals surface area contributed by atoms with Crippen LogP contribution in [0, 0.1) is 6.92 Å². The van der Waals surface area contributed by atoms with E-state index in [-0.39, 0.29) is 15.4 Å². The molecule has 0 N–H and O–H groups in total. The fraction of sp³-hybridized carbons (Fsp3) is 0.154. The minimum absolute atomic E-state index is 0.0214. The number of fused-ring (bicyclic) bond motifs is 1. The molecule has 0 aliphatic carbocycles. The number of aryl methyl sites for hydroxylation is 1. The van der Waals surface area contributed by atoms with Gasteiger partial charge in [0.15, 0.2) is 5.78 Å². The second kappa shape index (κ2) is 9.03. The molecule has 6 nitrogen and oxygen atoms in total. The zero-order valence-electron chi connectivity index (χ0n) is 18.5. The van der Waals surface area contributed by atoms with Gasteiger partial charge in [-0.25, -0.2) is 8.42 Å². The molecule has 0 amide bonds. The van der Waals surface area contributed by atoms with Gasteiger partial charge in [0, 0.05) is 17.1 Å². The Bertz CT molecular complexity index is 1430. The normalized spacial score (nSPS) is 11.4. The minimum Gasteiger partial charge on any atom is -0.497 e. The maximum atomic E-state index is 13.8. The number of carbonyl (C=O) groups is 1. The fourth-order valence-electron chi connectivity index (χ4n) is 3.63. The van der Waals surface area contributed by atoms with Gasteiger partial charge < -0.3 is 9.47 Å². The van der Waals surface area contributed by atoms with Crippen molar-refractivity contribution in [2.45, 2.75) is 23.6 Å². The first-order valence-corrected chi connectivity index (χ1v) is 11.9. The topological polar surface area (TPSA) is 82.6 Å². The van der Waals surface area contributed by atoms with Crippen LogP contribution in [0.5, 0.6) is 11.5 Å². The summed E-state index contributed by atoms with van der Waals surface area (Å²) < 4.78 is 38.2. The summed E-state index contributed by atoms with van der Waals surface area (Å²) in [5.74, 6) is 0.739. The molecule has 168 valence electrons. The molecule has 0 saturated heterocycles. The molecule has 0 unspecified atom stereocenters. The number of benzene rings is 3. The molecule has 33 heavy (non-hydrogen) atoms. The predicted octanol–water partition coefficient (Wildman–Crippen LogP) is 5.01. The smallest absolute Gasteiger partial charge is 0.208 e. The summed E-state index contributed by atoms with van der Waals surface area (Å²) in [4.78, 5) is 17.9. The number of carbonyl (C=O) groups excluding carboxylic acids is 1. The molecule has 0 radical (unpaired) electrons. The zero-order valence-corrected chi connectivity index (χ0v) is 19.3. The standard InChI is InChI=1S/C26H23NO5S/c1-4-32-20-8-6-18(7-9-20)25(28)23-16-27-24-14-5-17(2)15-22(24)26(23)33(29,30)21-12-10-19(31-3)11-13-21/h5-16H,4H2,1-3H3. The van der Waals surface area contributed by atoms with E-state index in [9.17, 15) is 13.2 Å². The quantitative estimate of drug-likeness (QED) is 0.360. The van der Waals surface area contributed by atoms with Crippen molar-refractivity contribution in [2.75, 3.05) is 13.7 Å². The van der Waals surface area contributed by atoms with E-state index >= 15 is 0 Å². The molecule has 4 rings (SSSR count). The van der Waals surface area contributed by atoms with Crippen molar-refractivity contribution >= 4 is 26.5 Å². The van der Waals surface area contributed by atoms with Gasteiger partial charge in [-0.3, -0.25) is 9.78 Å². The van der Waals surface area contributed by atoms with Crippen LogP contribution in [0.25, 0.3) is 10.9 Å². The third-order valence-corrected chi connectivity index (χ3v) is 7.15. The van der Waals surface area contributed by atoms with Gasteiger partial charge in [-0.05, 0) is 74.5 Å². The average Bonchev–Trinajstić information content (AvgIpc) is 2.83. The summed E-state index contributed by atoms with van der Waals surface area (Å²) in [6, 6.07) is 18.1. The molecule has 1 aromatic heterocycles. The first kappa shape index (κ1) is 22.5. The number of pyridine rings is 1. The molecular weight excluding hydrogens is 438 g/mol. The van der Waals surface area contributed by atoms with E-state index in [4.69, 9.17) is 9.47 Å². The molecule has 4 aromatic rings. The second-order valence-electron chi connectivity index (χ2n) is 7.49. The van der Waals surface area contributed by atoms with Gasteiger partial charge >= 0.3 is 0 Å². The van der Waals surface area contributed by atoms with Crippen molar-refractivity contribution in [2.24, 2.45) is 0 Å². The lowest BCUT2D eigenvalue weighted by Crippen LogP contribution is -2.13. The Morgan fingerprint density at radius 3 is 2.24 bits per heavy atom. The summed E-state index contributed by atoms with van der Waals surface area (Å²) in [5.41, 5.74) is 1.73. The van der Waals surface area contributed by atoms with Crippen molar-refractivity contribution in [3.63, 3.8) is 0 Å². The van der Waals surface area contributed by atoms with Crippen LogP contribution in [-0.2, 0) is 9.84 Å². The van der Waals surface area contributed by atoms with Gasteiger partial charge in [-0.1, -0.05) is 11.6 Å². The number of rotatable bonds is 7. The monoisotopic (exact) mass is 461 g/mol. The first-order valence-electron chi connectivity index (χ1n) is 10.4. The highest BCUT2D eigenvalue weighted by Crippen LogP contribution is 2.33. The third kappa shape index (κ3) is 4.32. The highest BCUT2D eigenvalue weighted by molar-refractivity contribution is 7.91. The number of ketones is 1. The van der Waals surface area contributed by atoms with E-state index in [1.54, 1.807) is 48.5 Å². The van der Waals surface area contributed by atoms with Crippen LogP contribution in [0.1, 0.15) is 28.4 Å². The van der Waals surface area contributed by atoms with Crippen LogP contribution in [-0.4, -0.2) is 32.9 Å². The number of nitrogens with zero attached hydrogens (tertiary/aromatic N) is 1. The molecule has 7 heteroatoms. The van der Waals surface area contributed by atoms with Gasteiger partial charge in [0.05, 0.1) is 34.6 Å². The first-order chi connectivity index (χ1) is 15.8. The highest BCUT2D eigenvalue weighted by atomic mass is 32.2. The average molecular weight is 462 g/mol. The Kier molecular flexibility index (Phi) is 6.16. The third-order valence-electron chi connectivity index (χ3n) is 5.28. The van der Waals surface area contributed by atoms with Crippen LogP contribution in [0.4, 0.5) is 0 Å². The summed E-state index contributed by atoms with van der Waals surface area (Å²) in [5, 5.41) is 0.405. The van der Waals surface area contributed by atoms with E-state index in [0.29, 0.717) is 34.6 Å². The minimum atomic E-state index is -4.05. The molecule has 0 saturated carbocycles. The number of methoxy groups -OCH3 is 1. The van der Waals surface area contributed by atoms with E-state index in [1.807, 2.05) is 19.9 Å². The Morgan fingerprint density at radius 1 is 0.939 bits per heavy atom. The van der Waals surface area contributed by atoms with Crippen LogP contribution < -0.4 is 9.47 Å². The van der Waals surface area contributed by atoms with E-state index in [0.717, 1.165) is 5.56 Å². The molecule has 0 aliphatic heterocycles. The van der Waals surface area contributed by atoms with Gasteiger partial charge in [0.1, 0.15) is 11.5 Å². The lowest BCUT2D eigenvalue weighted by atomic mass is 10.0. The molecule has 0 fully saturated rings. The Morgan fingerprint density at radius 2 is 1.61 bits per heavy atom. The van der Waals surface area contributed by atoms with Crippen LogP contribution in [0.15, 0.2) is 82.7 Å². The van der Waals surface area contributed by atoms with Gasteiger partial charge in [0.25, 0.3) is 0 Å². The van der Waals surface area contributed by atoms with Crippen molar-refractivity contribution in [3.05, 3.63) is 89.6 Å². The van der Waals surface area contributed by atoms with Crippen molar-refractivity contribution in [1.82, 2.24) is 4.98 Å². The Labute approximate surface area is 192 Å². The largest absolute Gasteiger partial charge is 0.497 e. The van der Waals surface area contributed by atoms with E-state index in [2.05, 4.69) is 4.98 Å².